The molecule has 3 heteroatoms. The van der Waals surface area contributed by atoms with Crippen molar-refractivity contribution in [2.24, 2.45) is 5.73 Å². The summed E-state index contributed by atoms with van der Waals surface area (Å²) in [5.41, 5.74) is 8.05. The summed E-state index contributed by atoms with van der Waals surface area (Å²) in [6, 6.07) is 3.54. The van der Waals surface area contributed by atoms with Crippen molar-refractivity contribution in [3.05, 3.63) is 29.1 Å². The predicted molar refractivity (Wildman–Crippen MR) is 53.0 cm³/mol. The molecule has 0 amide bonds. The first-order valence-corrected chi connectivity index (χ1v) is 4.81. The molecule has 1 aliphatic carbocycles. The van der Waals surface area contributed by atoms with E-state index in [4.69, 9.17) is 10.5 Å². The van der Waals surface area contributed by atoms with Crippen LogP contribution in [0.5, 0.6) is 5.75 Å². The van der Waals surface area contributed by atoms with Crippen LogP contribution in [0.3, 0.4) is 0 Å². The van der Waals surface area contributed by atoms with Crippen molar-refractivity contribution in [3.63, 3.8) is 0 Å². The third-order valence-electron chi connectivity index (χ3n) is 2.74. The second kappa shape index (κ2) is 3.58. The van der Waals surface area contributed by atoms with E-state index in [0.29, 0.717) is 5.75 Å². The number of fused-ring (bicyclic) bond motifs is 1. The average Bonchev–Trinajstić information content (AvgIpc) is 2.17. The van der Waals surface area contributed by atoms with Gasteiger partial charge in [0.1, 0.15) is 0 Å². The number of hydrogen-bond acceptors (Lipinski definition) is 2. The lowest BCUT2D eigenvalue weighted by atomic mass is 9.88. The van der Waals surface area contributed by atoms with Crippen LogP contribution >= 0.6 is 0 Å². The van der Waals surface area contributed by atoms with E-state index in [2.05, 4.69) is 0 Å². The Morgan fingerprint density at radius 3 is 2.93 bits per heavy atom. The highest BCUT2D eigenvalue weighted by molar-refractivity contribution is 5.39. The Hall–Kier alpha value is -1.09. The van der Waals surface area contributed by atoms with Gasteiger partial charge in [0, 0.05) is 6.04 Å². The van der Waals surface area contributed by atoms with Gasteiger partial charge in [-0.25, -0.2) is 4.39 Å². The van der Waals surface area contributed by atoms with Crippen LogP contribution in [-0.2, 0) is 12.8 Å². The highest BCUT2D eigenvalue weighted by Gasteiger charge is 2.18. The first-order valence-electron chi connectivity index (χ1n) is 4.81. The number of benzene rings is 1. The van der Waals surface area contributed by atoms with Gasteiger partial charge in [0.25, 0.3) is 0 Å². The van der Waals surface area contributed by atoms with E-state index in [1.54, 1.807) is 12.1 Å². The van der Waals surface area contributed by atoms with Gasteiger partial charge in [-0.05, 0) is 42.5 Å². The summed E-state index contributed by atoms with van der Waals surface area (Å²) in [7, 11) is 1.48. The van der Waals surface area contributed by atoms with E-state index >= 15 is 0 Å². The molecule has 2 N–H and O–H groups in total. The van der Waals surface area contributed by atoms with E-state index in [-0.39, 0.29) is 11.9 Å². The molecule has 0 spiro atoms. The lowest BCUT2D eigenvalue weighted by Crippen LogP contribution is -2.27. The van der Waals surface area contributed by atoms with Crippen LogP contribution in [-0.4, -0.2) is 13.2 Å². The van der Waals surface area contributed by atoms with Crippen LogP contribution in [0.25, 0.3) is 0 Å². The fourth-order valence-electron chi connectivity index (χ4n) is 1.94. The number of nitrogens with two attached hydrogens (primary N) is 1. The van der Waals surface area contributed by atoms with Gasteiger partial charge in [0.2, 0.25) is 0 Å². The molecular weight excluding hydrogens is 181 g/mol. The molecule has 0 radical (unpaired) electrons. The summed E-state index contributed by atoms with van der Waals surface area (Å²) >= 11 is 0. The summed E-state index contributed by atoms with van der Waals surface area (Å²) in [6.07, 6.45) is 2.64. The standard InChI is InChI=1S/C11H14FNO/c1-14-11-6-8-4-9(13)3-2-7(8)5-10(11)12/h5-6,9H,2-4,13H2,1H3. The SMILES string of the molecule is COc1cc2c(cc1F)CCC(N)C2. The predicted octanol–water partition coefficient (Wildman–Crippen LogP) is 1.65. The van der Waals surface area contributed by atoms with Crippen LogP contribution in [0, 0.1) is 5.82 Å². The molecule has 14 heavy (non-hydrogen) atoms. The largest absolute Gasteiger partial charge is 0.494 e. The molecule has 2 nitrogen and oxygen atoms in total. The molecule has 0 saturated carbocycles. The molecule has 2 rings (SSSR count). The van der Waals surface area contributed by atoms with Crippen molar-refractivity contribution >= 4 is 0 Å². The van der Waals surface area contributed by atoms with Crippen molar-refractivity contribution in [1.29, 1.82) is 0 Å². The monoisotopic (exact) mass is 195 g/mol. The van der Waals surface area contributed by atoms with E-state index in [0.717, 1.165) is 30.4 Å². The fraction of sp³-hybridized carbons (Fsp3) is 0.455. The smallest absolute Gasteiger partial charge is 0.165 e. The van der Waals surface area contributed by atoms with E-state index in [1.165, 1.54) is 7.11 Å². The Bertz CT molecular complexity index is 351. The van der Waals surface area contributed by atoms with Crippen molar-refractivity contribution in [2.75, 3.05) is 7.11 Å². The third-order valence-corrected chi connectivity index (χ3v) is 2.74. The number of rotatable bonds is 1. The van der Waals surface area contributed by atoms with Crippen LogP contribution in [0.2, 0.25) is 0 Å². The maximum Gasteiger partial charge on any atom is 0.165 e. The Balaban J connectivity index is 2.41. The van der Waals surface area contributed by atoms with Gasteiger partial charge in [0.15, 0.2) is 11.6 Å². The molecular formula is C11H14FNO. The highest BCUT2D eigenvalue weighted by atomic mass is 19.1. The highest BCUT2D eigenvalue weighted by Crippen LogP contribution is 2.27. The molecule has 0 aromatic heterocycles. The van der Waals surface area contributed by atoms with E-state index in [1.807, 2.05) is 0 Å². The molecule has 1 aromatic rings. The lowest BCUT2D eigenvalue weighted by Gasteiger charge is -2.22. The normalized spacial score (nSPS) is 20.4. The molecule has 1 unspecified atom stereocenters. The summed E-state index contributed by atoms with van der Waals surface area (Å²) in [5.74, 6) is 0.0413. The van der Waals surface area contributed by atoms with Crippen LogP contribution < -0.4 is 10.5 Å². The number of methoxy groups -OCH3 is 1. The number of aryl methyl sites for hydroxylation is 1. The maximum absolute atomic E-state index is 13.3. The van der Waals surface area contributed by atoms with Gasteiger partial charge in [-0.2, -0.15) is 0 Å². The van der Waals surface area contributed by atoms with Crippen molar-refractivity contribution in [3.8, 4) is 5.75 Å². The molecule has 1 aliphatic rings. The van der Waals surface area contributed by atoms with Crippen molar-refractivity contribution in [2.45, 2.75) is 25.3 Å². The quantitative estimate of drug-likeness (QED) is 0.739. The van der Waals surface area contributed by atoms with Gasteiger partial charge in [0.05, 0.1) is 7.11 Å². The van der Waals surface area contributed by atoms with Gasteiger partial charge >= 0.3 is 0 Å². The summed E-state index contributed by atoms with van der Waals surface area (Å²) in [6.45, 7) is 0. The molecule has 0 saturated heterocycles. The summed E-state index contributed by atoms with van der Waals surface area (Å²) in [5, 5.41) is 0. The Kier molecular flexibility index (Phi) is 2.42. The zero-order valence-corrected chi connectivity index (χ0v) is 8.22. The third kappa shape index (κ3) is 1.60. The lowest BCUT2D eigenvalue weighted by molar-refractivity contribution is 0.384. The van der Waals surface area contributed by atoms with Gasteiger partial charge < -0.3 is 10.5 Å². The molecule has 1 aromatic carbocycles. The van der Waals surface area contributed by atoms with Crippen molar-refractivity contribution < 1.29 is 9.13 Å². The molecule has 0 heterocycles. The first-order chi connectivity index (χ1) is 6.70. The fourth-order valence-corrected chi connectivity index (χ4v) is 1.94. The maximum atomic E-state index is 13.3. The number of ether oxygens (including phenoxy) is 1. The minimum atomic E-state index is -0.276. The molecule has 0 aliphatic heterocycles. The van der Waals surface area contributed by atoms with E-state index < -0.39 is 0 Å². The van der Waals surface area contributed by atoms with Crippen LogP contribution in [0.1, 0.15) is 17.5 Å². The van der Waals surface area contributed by atoms with Gasteiger partial charge in [-0.3, -0.25) is 0 Å². The van der Waals surface area contributed by atoms with Crippen LogP contribution in [0.4, 0.5) is 4.39 Å². The number of halogens is 1. The van der Waals surface area contributed by atoms with Gasteiger partial charge in [-0.15, -0.1) is 0 Å². The second-order valence-electron chi connectivity index (χ2n) is 3.76. The van der Waals surface area contributed by atoms with Crippen molar-refractivity contribution in [1.82, 2.24) is 0 Å². The second-order valence-corrected chi connectivity index (χ2v) is 3.76. The minimum Gasteiger partial charge on any atom is -0.494 e. The van der Waals surface area contributed by atoms with E-state index in [9.17, 15) is 4.39 Å². The minimum absolute atomic E-state index is 0.206. The molecule has 0 bridgehead atoms. The molecule has 76 valence electrons. The zero-order chi connectivity index (χ0) is 10.1. The Morgan fingerprint density at radius 2 is 2.21 bits per heavy atom. The summed E-state index contributed by atoms with van der Waals surface area (Å²) < 4.78 is 18.2. The van der Waals surface area contributed by atoms with Gasteiger partial charge in [-0.1, -0.05) is 0 Å². The topological polar surface area (TPSA) is 35.2 Å². The first kappa shape index (κ1) is 9.46. The zero-order valence-electron chi connectivity index (χ0n) is 8.22. The number of hydrogen-bond donors (Lipinski definition) is 1. The Labute approximate surface area is 82.9 Å². The average molecular weight is 195 g/mol. The Morgan fingerprint density at radius 1 is 1.43 bits per heavy atom. The summed E-state index contributed by atoms with van der Waals surface area (Å²) in [4.78, 5) is 0. The molecule has 1 atom stereocenters. The molecule has 0 fully saturated rings. The van der Waals surface area contributed by atoms with Crippen LogP contribution in [0.15, 0.2) is 12.1 Å².